The molecule has 0 saturated heterocycles. The molecule has 0 atom stereocenters. The second kappa shape index (κ2) is 5.61. The lowest BCUT2D eigenvalue weighted by Crippen LogP contribution is -2.02. The minimum atomic E-state index is 0.314. The Morgan fingerprint density at radius 1 is 1.11 bits per heavy atom. The largest absolute Gasteiger partial charge is 0.396 e. The van der Waals surface area contributed by atoms with E-state index in [0.717, 1.165) is 30.2 Å². The minimum absolute atomic E-state index is 0.314. The summed E-state index contributed by atoms with van der Waals surface area (Å²) in [6, 6.07) is 0.690. The fraction of sp³-hybridized carbons (Fsp3) is 0.846. The Kier molecular flexibility index (Phi) is 3.89. The minimum Gasteiger partial charge on any atom is -0.396 e. The summed E-state index contributed by atoms with van der Waals surface area (Å²) in [6.07, 6.45) is 8.38. The Labute approximate surface area is 112 Å². The number of aromatic nitrogens is 3. The number of hydrogen-bond donors (Lipinski definition) is 1. The van der Waals surface area contributed by atoms with Gasteiger partial charge in [0.1, 0.15) is 5.82 Å². The predicted octanol–water partition coefficient (Wildman–Crippen LogP) is 2.75. The average Bonchev–Trinajstić information content (AvgIpc) is 3.28. The molecule has 5 heteroatoms. The van der Waals surface area contributed by atoms with Crippen LogP contribution >= 0.6 is 11.8 Å². The van der Waals surface area contributed by atoms with E-state index in [1.807, 2.05) is 11.8 Å². The van der Waals surface area contributed by atoms with Crippen LogP contribution in [0.3, 0.4) is 0 Å². The Bertz CT molecular complexity index is 399. The number of thioether (sulfide) groups is 1. The van der Waals surface area contributed by atoms with Crippen LogP contribution < -0.4 is 0 Å². The first-order chi connectivity index (χ1) is 8.90. The van der Waals surface area contributed by atoms with Crippen molar-refractivity contribution in [3.8, 4) is 0 Å². The maximum absolute atomic E-state index is 8.75. The van der Waals surface area contributed by atoms with Crippen molar-refractivity contribution in [2.75, 3.05) is 12.4 Å². The van der Waals surface area contributed by atoms with E-state index in [4.69, 9.17) is 5.11 Å². The van der Waals surface area contributed by atoms with Crippen LogP contribution in [0.15, 0.2) is 5.16 Å². The van der Waals surface area contributed by atoms with E-state index in [-0.39, 0.29) is 0 Å². The average molecular weight is 267 g/mol. The Morgan fingerprint density at radius 3 is 2.61 bits per heavy atom. The summed E-state index contributed by atoms with van der Waals surface area (Å²) >= 11 is 1.84. The van der Waals surface area contributed by atoms with E-state index in [1.165, 1.54) is 31.5 Å². The molecule has 1 N–H and O–H groups in total. The lowest BCUT2D eigenvalue weighted by molar-refractivity contribution is 0.284. The van der Waals surface area contributed by atoms with Crippen molar-refractivity contribution in [3.05, 3.63) is 5.82 Å². The zero-order valence-corrected chi connectivity index (χ0v) is 11.5. The van der Waals surface area contributed by atoms with Crippen molar-refractivity contribution in [2.45, 2.75) is 62.1 Å². The molecule has 4 nitrogen and oxygen atoms in total. The molecule has 0 bridgehead atoms. The molecule has 1 aromatic rings. The third kappa shape index (κ3) is 2.88. The van der Waals surface area contributed by atoms with Crippen LogP contribution in [0.25, 0.3) is 0 Å². The standard InChI is InChI=1S/C13H21N3OS/c17-8-2-1-3-9-18-13-15-14-12(10-4-5-10)16(13)11-6-7-11/h10-11,17H,1-9H2. The number of hydrogen-bond acceptors (Lipinski definition) is 4. The van der Waals surface area contributed by atoms with Gasteiger partial charge in [-0.05, 0) is 38.5 Å². The van der Waals surface area contributed by atoms with E-state index in [9.17, 15) is 0 Å². The fourth-order valence-electron chi connectivity index (χ4n) is 2.24. The molecule has 0 aromatic carbocycles. The smallest absolute Gasteiger partial charge is 0.191 e. The monoisotopic (exact) mass is 267 g/mol. The van der Waals surface area contributed by atoms with Crippen LogP contribution in [0, 0.1) is 0 Å². The molecule has 0 radical (unpaired) electrons. The molecular weight excluding hydrogens is 246 g/mol. The van der Waals surface area contributed by atoms with Gasteiger partial charge in [-0.3, -0.25) is 0 Å². The highest BCUT2D eigenvalue weighted by molar-refractivity contribution is 7.99. The molecule has 3 rings (SSSR count). The maximum atomic E-state index is 8.75. The van der Waals surface area contributed by atoms with Crippen molar-refractivity contribution >= 4 is 11.8 Å². The fourth-order valence-corrected chi connectivity index (χ4v) is 3.25. The number of aliphatic hydroxyl groups excluding tert-OH is 1. The number of unbranched alkanes of at least 4 members (excludes halogenated alkanes) is 2. The summed E-state index contributed by atoms with van der Waals surface area (Å²) in [4.78, 5) is 0. The van der Waals surface area contributed by atoms with Gasteiger partial charge in [-0.2, -0.15) is 0 Å². The van der Waals surface area contributed by atoms with E-state index < -0.39 is 0 Å². The normalized spacial score (nSPS) is 19.4. The van der Waals surface area contributed by atoms with Gasteiger partial charge in [0.2, 0.25) is 0 Å². The molecule has 2 aliphatic rings. The first-order valence-corrected chi connectivity index (χ1v) is 8.07. The number of rotatable bonds is 8. The molecule has 1 heterocycles. The number of aliphatic hydroxyl groups is 1. The van der Waals surface area contributed by atoms with Gasteiger partial charge in [-0.15, -0.1) is 10.2 Å². The van der Waals surface area contributed by atoms with Crippen LogP contribution in [0.2, 0.25) is 0 Å². The van der Waals surface area contributed by atoms with Gasteiger partial charge in [-0.1, -0.05) is 18.2 Å². The number of nitrogens with zero attached hydrogens (tertiary/aromatic N) is 3. The first-order valence-electron chi connectivity index (χ1n) is 7.08. The molecule has 18 heavy (non-hydrogen) atoms. The van der Waals surface area contributed by atoms with Gasteiger partial charge in [0.15, 0.2) is 5.16 Å². The van der Waals surface area contributed by atoms with Crippen LogP contribution in [-0.4, -0.2) is 32.2 Å². The molecular formula is C13H21N3OS. The Hall–Kier alpha value is -0.550. The molecule has 2 saturated carbocycles. The molecule has 2 fully saturated rings. The third-order valence-electron chi connectivity index (χ3n) is 3.58. The van der Waals surface area contributed by atoms with Crippen LogP contribution in [0.5, 0.6) is 0 Å². The third-order valence-corrected chi connectivity index (χ3v) is 4.61. The predicted molar refractivity (Wildman–Crippen MR) is 71.9 cm³/mol. The van der Waals surface area contributed by atoms with Crippen LogP contribution in [0.4, 0.5) is 0 Å². The lowest BCUT2D eigenvalue weighted by atomic mass is 10.3. The maximum Gasteiger partial charge on any atom is 0.191 e. The summed E-state index contributed by atoms with van der Waals surface area (Å²) in [7, 11) is 0. The molecule has 1 aromatic heterocycles. The molecule has 0 spiro atoms. The van der Waals surface area contributed by atoms with E-state index >= 15 is 0 Å². The quantitative estimate of drug-likeness (QED) is 0.581. The second-order valence-electron chi connectivity index (χ2n) is 5.35. The van der Waals surface area contributed by atoms with E-state index in [1.54, 1.807) is 0 Å². The lowest BCUT2D eigenvalue weighted by Gasteiger charge is -2.07. The zero-order valence-electron chi connectivity index (χ0n) is 10.7. The first kappa shape index (κ1) is 12.5. The summed E-state index contributed by atoms with van der Waals surface area (Å²) in [5.74, 6) is 3.03. The zero-order chi connectivity index (χ0) is 12.4. The summed E-state index contributed by atoms with van der Waals surface area (Å²) < 4.78 is 2.41. The second-order valence-corrected chi connectivity index (χ2v) is 6.41. The van der Waals surface area contributed by atoms with Gasteiger partial charge in [0.25, 0.3) is 0 Å². The summed E-state index contributed by atoms with van der Waals surface area (Å²) in [5.41, 5.74) is 0. The van der Waals surface area contributed by atoms with Crippen molar-refractivity contribution in [1.82, 2.24) is 14.8 Å². The Morgan fingerprint density at radius 2 is 1.94 bits per heavy atom. The molecule has 2 aliphatic carbocycles. The molecule has 0 amide bonds. The van der Waals surface area contributed by atoms with Gasteiger partial charge < -0.3 is 9.67 Å². The van der Waals surface area contributed by atoms with Crippen LogP contribution in [-0.2, 0) is 0 Å². The van der Waals surface area contributed by atoms with Gasteiger partial charge in [-0.25, -0.2) is 0 Å². The van der Waals surface area contributed by atoms with Gasteiger partial charge in [0, 0.05) is 24.3 Å². The molecule has 100 valence electrons. The van der Waals surface area contributed by atoms with E-state index in [0.29, 0.717) is 18.6 Å². The summed E-state index contributed by atoms with van der Waals surface area (Å²) in [6.45, 7) is 0.314. The topological polar surface area (TPSA) is 50.9 Å². The van der Waals surface area contributed by atoms with Crippen molar-refractivity contribution in [3.63, 3.8) is 0 Å². The highest BCUT2D eigenvalue weighted by Crippen LogP contribution is 2.46. The highest BCUT2D eigenvalue weighted by Gasteiger charge is 2.36. The van der Waals surface area contributed by atoms with Crippen molar-refractivity contribution in [1.29, 1.82) is 0 Å². The van der Waals surface area contributed by atoms with Crippen molar-refractivity contribution < 1.29 is 5.11 Å². The molecule has 0 aliphatic heterocycles. The van der Waals surface area contributed by atoms with Crippen molar-refractivity contribution in [2.24, 2.45) is 0 Å². The highest BCUT2D eigenvalue weighted by atomic mass is 32.2. The van der Waals surface area contributed by atoms with Gasteiger partial charge >= 0.3 is 0 Å². The van der Waals surface area contributed by atoms with E-state index in [2.05, 4.69) is 14.8 Å². The van der Waals surface area contributed by atoms with Crippen LogP contribution in [0.1, 0.15) is 62.7 Å². The van der Waals surface area contributed by atoms with Gasteiger partial charge in [0.05, 0.1) is 0 Å². The molecule has 0 unspecified atom stereocenters. The SMILES string of the molecule is OCCCCCSc1nnc(C2CC2)n1C1CC1. The summed E-state index contributed by atoms with van der Waals surface area (Å²) in [5, 5.41) is 18.7. The Balaban J connectivity index is 1.57.